The molecule has 0 radical (unpaired) electrons. The van der Waals surface area contributed by atoms with Crippen molar-refractivity contribution in [3.63, 3.8) is 0 Å². The van der Waals surface area contributed by atoms with Crippen LogP contribution in [0.3, 0.4) is 0 Å². The second-order valence-corrected chi connectivity index (χ2v) is 6.79. The Morgan fingerprint density at radius 1 is 0.767 bits per heavy atom. The van der Waals surface area contributed by atoms with Gasteiger partial charge < -0.3 is 10.1 Å². The molecule has 0 fully saturated rings. The minimum Gasteiger partial charge on any atom is -0.451 e. The van der Waals surface area contributed by atoms with Gasteiger partial charge in [-0.1, -0.05) is 84.9 Å². The summed E-state index contributed by atoms with van der Waals surface area (Å²) >= 11 is 0. The van der Waals surface area contributed by atoms with Crippen molar-refractivity contribution in [1.29, 1.82) is 0 Å². The van der Waals surface area contributed by atoms with Gasteiger partial charge in [-0.25, -0.2) is 9.78 Å². The number of aromatic nitrogens is 1. The second-order valence-electron chi connectivity index (χ2n) is 6.79. The maximum absolute atomic E-state index is 12.5. The SMILES string of the molecule is O=C(COC(=O)c1ccc2ccccc2n1)NC(c1ccccc1)c1ccccc1. The van der Waals surface area contributed by atoms with Crippen LogP contribution in [0.25, 0.3) is 10.9 Å². The molecular formula is C25H20N2O3. The summed E-state index contributed by atoms with van der Waals surface area (Å²) in [6.07, 6.45) is 0. The third kappa shape index (κ3) is 4.52. The lowest BCUT2D eigenvalue weighted by Crippen LogP contribution is -2.33. The molecular weight excluding hydrogens is 376 g/mol. The van der Waals surface area contributed by atoms with Crippen LogP contribution < -0.4 is 5.32 Å². The predicted molar refractivity (Wildman–Crippen MR) is 115 cm³/mol. The van der Waals surface area contributed by atoms with Crippen LogP contribution in [0.2, 0.25) is 0 Å². The number of pyridine rings is 1. The van der Waals surface area contributed by atoms with Crippen molar-refractivity contribution in [3.05, 3.63) is 114 Å². The molecule has 4 rings (SSSR count). The molecule has 0 atom stereocenters. The minimum absolute atomic E-state index is 0.171. The van der Waals surface area contributed by atoms with Crippen LogP contribution in [-0.4, -0.2) is 23.5 Å². The van der Waals surface area contributed by atoms with E-state index < -0.39 is 5.97 Å². The largest absolute Gasteiger partial charge is 0.451 e. The number of para-hydroxylation sites is 1. The number of nitrogens with one attached hydrogen (secondary N) is 1. The number of nitrogens with zero attached hydrogens (tertiary/aromatic N) is 1. The Labute approximate surface area is 174 Å². The highest BCUT2D eigenvalue weighted by Crippen LogP contribution is 2.21. The van der Waals surface area contributed by atoms with E-state index in [2.05, 4.69) is 10.3 Å². The Kier molecular flexibility index (Phi) is 5.80. The highest BCUT2D eigenvalue weighted by molar-refractivity contribution is 5.92. The summed E-state index contributed by atoms with van der Waals surface area (Å²) in [5.74, 6) is -1.02. The molecule has 3 aromatic carbocycles. The maximum atomic E-state index is 12.5. The number of hydrogen-bond acceptors (Lipinski definition) is 4. The molecule has 0 saturated carbocycles. The summed E-state index contributed by atoms with van der Waals surface area (Å²) in [6.45, 7) is -0.385. The van der Waals surface area contributed by atoms with E-state index in [1.165, 1.54) is 0 Å². The minimum atomic E-state index is -0.633. The molecule has 1 heterocycles. The van der Waals surface area contributed by atoms with E-state index in [0.29, 0.717) is 5.52 Å². The number of carbonyl (C=O) groups is 2. The van der Waals surface area contributed by atoms with E-state index >= 15 is 0 Å². The van der Waals surface area contributed by atoms with E-state index in [1.807, 2.05) is 84.9 Å². The van der Waals surface area contributed by atoms with Gasteiger partial charge in [0.2, 0.25) is 0 Å². The molecule has 148 valence electrons. The summed E-state index contributed by atoms with van der Waals surface area (Å²) in [6, 6.07) is 29.9. The third-order valence-corrected chi connectivity index (χ3v) is 4.71. The smallest absolute Gasteiger partial charge is 0.357 e. The Hall–Kier alpha value is -3.99. The fourth-order valence-electron chi connectivity index (χ4n) is 3.24. The number of rotatable bonds is 6. The first-order valence-electron chi connectivity index (χ1n) is 9.63. The lowest BCUT2D eigenvalue weighted by atomic mass is 9.99. The van der Waals surface area contributed by atoms with Gasteiger partial charge in [-0.15, -0.1) is 0 Å². The molecule has 1 amide bonds. The highest BCUT2D eigenvalue weighted by atomic mass is 16.5. The van der Waals surface area contributed by atoms with E-state index in [1.54, 1.807) is 12.1 Å². The van der Waals surface area contributed by atoms with Gasteiger partial charge in [-0.2, -0.15) is 0 Å². The first kappa shape index (κ1) is 19.3. The molecule has 4 aromatic rings. The van der Waals surface area contributed by atoms with Crippen molar-refractivity contribution < 1.29 is 14.3 Å². The number of amides is 1. The lowest BCUT2D eigenvalue weighted by molar-refractivity contribution is -0.124. The van der Waals surface area contributed by atoms with Crippen LogP contribution in [0.1, 0.15) is 27.7 Å². The zero-order valence-electron chi connectivity index (χ0n) is 16.2. The Bertz CT molecular complexity index is 1120. The number of hydrogen-bond donors (Lipinski definition) is 1. The molecule has 0 aliphatic rings. The predicted octanol–water partition coefficient (Wildman–Crippen LogP) is 4.30. The summed E-state index contributed by atoms with van der Waals surface area (Å²) in [4.78, 5) is 29.2. The third-order valence-electron chi connectivity index (χ3n) is 4.71. The summed E-state index contributed by atoms with van der Waals surface area (Å²) in [5, 5.41) is 3.88. The Morgan fingerprint density at radius 2 is 1.37 bits per heavy atom. The van der Waals surface area contributed by atoms with E-state index in [9.17, 15) is 9.59 Å². The van der Waals surface area contributed by atoms with Crippen molar-refractivity contribution in [2.24, 2.45) is 0 Å². The first-order chi connectivity index (χ1) is 14.7. The van der Waals surface area contributed by atoms with Gasteiger partial charge in [0.1, 0.15) is 5.69 Å². The van der Waals surface area contributed by atoms with Crippen LogP contribution in [-0.2, 0) is 9.53 Å². The monoisotopic (exact) mass is 396 g/mol. The van der Waals surface area contributed by atoms with Gasteiger partial charge in [0.25, 0.3) is 5.91 Å². The number of carbonyl (C=O) groups excluding carboxylic acids is 2. The van der Waals surface area contributed by atoms with Crippen LogP contribution in [0.4, 0.5) is 0 Å². The molecule has 0 unspecified atom stereocenters. The van der Waals surface area contributed by atoms with Crippen molar-refractivity contribution in [2.75, 3.05) is 6.61 Å². The zero-order chi connectivity index (χ0) is 20.8. The molecule has 5 heteroatoms. The summed E-state index contributed by atoms with van der Waals surface area (Å²) < 4.78 is 5.20. The number of fused-ring (bicyclic) bond motifs is 1. The molecule has 1 aromatic heterocycles. The lowest BCUT2D eigenvalue weighted by Gasteiger charge is -2.19. The fourth-order valence-corrected chi connectivity index (χ4v) is 3.24. The van der Waals surface area contributed by atoms with Crippen molar-refractivity contribution in [2.45, 2.75) is 6.04 Å². The summed E-state index contributed by atoms with van der Waals surface area (Å²) in [7, 11) is 0. The molecule has 30 heavy (non-hydrogen) atoms. The molecule has 5 nitrogen and oxygen atoms in total. The quantitative estimate of drug-likeness (QED) is 0.494. The normalized spacial score (nSPS) is 10.7. The van der Waals surface area contributed by atoms with E-state index in [0.717, 1.165) is 16.5 Å². The van der Waals surface area contributed by atoms with Crippen LogP contribution in [0, 0.1) is 0 Å². The second kappa shape index (κ2) is 9.01. The van der Waals surface area contributed by atoms with Crippen molar-refractivity contribution in [1.82, 2.24) is 10.3 Å². The van der Waals surface area contributed by atoms with Gasteiger partial charge in [0.15, 0.2) is 6.61 Å². The average Bonchev–Trinajstić information content (AvgIpc) is 2.81. The standard InChI is InChI=1S/C25H20N2O3/c28-23(17-30-25(29)22-16-15-18-9-7-8-14-21(18)26-22)27-24(19-10-3-1-4-11-19)20-12-5-2-6-13-20/h1-16,24H,17H2,(H,27,28). The molecule has 0 spiro atoms. The molecule has 0 bridgehead atoms. The van der Waals surface area contributed by atoms with Gasteiger partial charge in [-0.05, 0) is 23.3 Å². The molecule has 0 saturated heterocycles. The van der Waals surface area contributed by atoms with Crippen molar-refractivity contribution >= 4 is 22.8 Å². The zero-order valence-corrected chi connectivity index (χ0v) is 16.2. The topological polar surface area (TPSA) is 68.3 Å². The van der Waals surface area contributed by atoms with Crippen LogP contribution in [0.5, 0.6) is 0 Å². The van der Waals surface area contributed by atoms with Crippen molar-refractivity contribution in [3.8, 4) is 0 Å². The van der Waals surface area contributed by atoms with Gasteiger partial charge in [0.05, 0.1) is 11.6 Å². The summed E-state index contributed by atoms with van der Waals surface area (Å²) in [5.41, 5.74) is 2.76. The maximum Gasteiger partial charge on any atom is 0.357 e. The van der Waals surface area contributed by atoms with E-state index in [4.69, 9.17) is 4.74 Å². The molecule has 1 N–H and O–H groups in total. The average molecular weight is 396 g/mol. The number of ether oxygens (including phenoxy) is 1. The molecule has 0 aliphatic heterocycles. The van der Waals surface area contributed by atoms with Gasteiger partial charge in [0, 0.05) is 5.39 Å². The number of esters is 1. The van der Waals surface area contributed by atoms with Crippen LogP contribution in [0.15, 0.2) is 97.1 Å². The Morgan fingerprint density at radius 3 is 2.03 bits per heavy atom. The fraction of sp³-hybridized carbons (Fsp3) is 0.0800. The van der Waals surface area contributed by atoms with Gasteiger partial charge in [-0.3, -0.25) is 4.79 Å². The van der Waals surface area contributed by atoms with Gasteiger partial charge >= 0.3 is 5.97 Å². The van der Waals surface area contributed by atoms with E-state index in [-0.39, 0.29) is 24.2 Å². The number of benzene rings is 3. The highest BCUT2D eigenvalue weighted by Gasteiger charge is 2.18. The first-order valence-corrected chi connectivity index (χ1v) is 9.63. The molecule has 0 aliphatic carbocycles. The Balaban J connectivity index is 1.43. The van der Waals surface area contributed by atoms with Crippen LogP contribution >= 0.6 is 0 Å².